The molecule has 0 spiro atoms. The Hall–Kier alpha value is -2.11. The van der Waals surface area contributed by atoms with Crippen LogP contribution in [0.3, 0.4) is 0 Å². The van der Waals surface area contributed by atoms with Crippen LogP contribution in [0.1, 0.15) is 52.9 Å². The van der Waals surface area contributed by atoms with Crippen molar-refractivity contribution in [2.75, 3.05) is 11.4 Å². The smallest absolute Gasteiger partial charge is 0.273 e. The number of rotatable bonds is 8. The van der Waals surface area contributed by atoms with Gasteiger partial charge in [0.1, 0.15) is 0 Å². The molecule has 1 heterocycles. The number of unbranched alkanes of at least 4 members (excludes halogenated alkanes) is 4. The minimum Gasteiger partial charge on any atom is -0.478 e. The van der Waals surface area contributed by atoms with Crippen molar-refractivity contribution in [3.8, 4) is 5.75 Å². The highest BCUT2D eigenvalue weighted by molar-refractivity contribution is 6.00. The average molecular weight is 334 g/mol. The molecule has 24 heavy (non-hydrogen) atoms. The van der Waals surface area contributed by atoms with Gasteiger partial charge in [-0.2, -0.15) is 0 Å². The number of anilines is 1. The first kappa shape index (κ1) is 18.2. The third-order valence-electron chi connectivity index (χ3n) is 4.30. The van der Waals surface area contributed by atoms with Crippen molar-refractivity contribution < 1.29 is 14.5 Å². The average Bonchev–Trinajstić information content (AvgIpc) is 2.55. The van der Waals surface area contributed by atoms with Crippen LogP contribution in [0.4, 0.5) is 11.4 Å². The molecule has 1 aromatic carbocycles. The van der Waals surface area contributed by atoms with Crippen molar-refractivity contribution in [3.05, 3.63) is 28.3 Å². The van der Waals surface area contributed by atoms with Gasteiger partial charge in [0.15, 0.2) is 11.9 Å². The van der Waals surface area contributed by atoms with Gasteiger partial charge in [0.05, 0.1) is 16.7 Å². The topological polar surface area (TPSA) is 72.7 Å². The van der Waals surface area contributed by atoms with Gasteiger partial charge >= 0.3 is 0 Å². The summed E-state index contributed by atoms with van der Waals surface area (Å²) in [5.41, 5.74) is 0.617. The van der Waals surface area contributed by atoms with Gasteiger partial charge in [-0.05, 0) is 18.4 Å². The van der Waals surface area contributed by atoms with Gasteiger partial charge in [-0.15, -0.1) is 0 Å². The molecule has 1 aromatic rings. The lowest BCUT2D eigenvalue weighted by molar-refractivity contribution is -0.384. The lowest BCUT2D eigenvalue weighted by atomic mass is 10.0. The molecule has 0 bridgehead atoms. The molecule has 1 unspecified atom stereocenters. The maximum atomic E-state index is 12.7. The molecule has 0 saturated carbocycles. The van der Waals surface area contributed by atoms with Crippen LogP contribution in [0.15, 0.2) is 18.2 Å². The highest BCUT2D eigenvalue weighted by atomic mass is 16.6. The molecule has 2 rings (SSSR count). The van der Waals surface area contributed by atoms with Crippen LogP contribution in [0.2, 0.25) is 0 Å². The number of hydrogen-bond donors (Lipinski definition) is 0. The first-order chi connectivity index (χ1) is 11.5. The first-order valence-corrected chi connectivity index (χ1v) is 8.72. The Balaban J connectivity index is 2.21. The third-order valence-corrected chi connectivity index (χ3v) is 4.30. The second kappa shape index (κ2) is 8.13. The van der Waals surface area contributed by atoms with Gasteiger partial charge in [-0.25, -0.2) is 0 Å². The Labute approximate surface area is 142 Å². The Morgan fingerprint density at radius 1 is 1.25 bits per heavy atom. The summed E-state index contributed by atoms with van der Waals surface area (Å²) in [7, 11) is 0. The molecule has 0 N–H and O–H groups in total. The van der Waals surface area contributed by atoms with Crippen molar-refractivity contribution in [1.29, 1.82) is 0 Å². The molecule has 0 aliphatic carbocycles. The van der Waals surface area contributed by atoms with Crippen LogP contribution in [0, 0.1) is 16.0 Å². The summed E-state index contributed by atoms with van der Waals surface area (Å²) in [5.74, 6) is 0.380. The summed E-state index contributed by atoms with van der Waals surface area (Å²) >= 11 is 0. The monoisotopic (exact) mass is 334 g/mol. The van der Waals surface area contributed by atoms with Gasteiger partial charge in [-0.1, -0.05) is 46.5 Å². The molecule has 6 heteroatoms. The molecule has 0 aromatic heterocycles. The van der Waals surface area contributed by atoms with Gasteiger partial charge in [0.2, 0.25) is 0 Å². The van der Waals surface area contributed by atoms with Crippen molar-refractivity contribution in [2.45, 2.75) is 59.0 Å². The molecule has 1 aliphatic rings. The number of non-ortho nitro benzene ring substituents is 1. The summed E-state index contributed by atoms with van der Waals surface area (Å²) in [4.78, 5) is 25.0. The molecule has 1 amide bonds. The van der Waals surface area contributed by atoms with Gasteiger partial charge < -0.3 is 9.64 Å². The number of ether oxygens (including phenoxy) is 1. The molecule has 0 radical (unpaired) electrons. The summed E-state index contributed by atoms with van der Waals surface area (Å²) in [6, 6.07) is 4.46. The van der Waals surface area contributed by atoms with E-state index in [2.05, 4.69) is 6.92 Å². The molecule has 6 nitrogen and oxygen atoms in total. The van der Waals surface area contributed by atoms with Crippen molar-refractivity contribution in [3.63, 3.8) is 0 Å². The fraction of sp³-hybridized carbons (Fsp3) is 0.611. The molecule has 0 saturated heterocycles. The molecule has 132 valence electrons. The van der Waals surface area contributed by atoms with Crippen LogP contribution >= 0.6 is 0 Å². The summed E-state index contributed by atoms with van der Waals surface area (Å²) in [5, 5.41) is 11.0. The molecular formula is C18H26N2O4. The predicted octanol–water partition coefficient (Wildman–Crippen LogP) is 4.32. The fourth-order valence-electron chi connectivity index (χ4n) is 2.92. The van der Waals surface area contributed by atoms with Gasteiger partial charge in [0, 0.05) is 12.6 Å². The number of fused-ring (bicyclic) bond motifs is 1. The summed E-state index contributed by atoms with van der Waals surface area (Å²) < 4.78 is 5.78. The van der Waals surface area contributed by atoms with E-state index in [1.54, 1.807) is 11.0 Å². The normalized spacial score (nSPS) is 16.9. The van der Waals surface area contributed by atoms with Crippen LogP contribution in [0.5, 0.6) is 5.75 Å². The maximum Gasteiger partial charge on any atom is 0.273 e. The van der Waals surface area contributed by atoms with Gasteiger partial charge in [0.25, 0.3) is 11.6 Å². The van der Waals surface area contributed by atoms with Crippen LogP contribution < -0.4 is 9.64 Å². The maximum absolute atomic E-state index is 12.7. The number of nitro benzene ring substituents is 1. The second-order valence-electron chi connectivity index (χ2n) is 6.60. The summed E-state index contributed by atoms with van der Waals surface area (Å²) in [6.45, 7) is 6.64. The van der Waals surface area contributed by atoms with Crippen molar-refractivity contribution in [1.82, 2.24) is 0 Å². The van der Waals surface area contributed by atoms with E-state index < -0.39 is 11.0 Å². The zero-order valence-corrected chi connectivity index (χ0v) is 14.7. The highest BCUT2D eigenvalue weighted by Crippen LogP contribution is 2.38. The van der Waals surface area contributed by atoms with Crippen molar-refractivity contribution in [2.24, 2.45) is 5.92 Å². The van der Waals surface area contributed by atoms with Crippen LogP contribution in [0.25, 0.3) is 0 Å². The zero-order chi connectivity index (χ0) is 17.7. The zero-order valence-electron chi connectivity index (χ0n) is 14.7. The lowest BCUT2D eigenvalue weighted by Crippen LogP contribution is -2.48. The van der Waals surface area contributed by atoms with Crippen molar-refractivity contribution >= 4 is 17.3 Å². The Kier molecular flexibility index (Phi) is 6.17. The highest BCUT2D eigenvalue weighted by Gasteiger charge is 2.36. The van der Waals surface area contributed by atoms with E-state index in [1.165, 1.54) is 25.0 Å². The van der Waals surface area contributed by atoms with Crippen LogP contribution in [-0.2, 0) is 4.79 Å². The lowest BCUT2D eigenvalue weighted by Gasteiger charge is -2.36. The Morgan fingerprint density at radius 3 is 2.58 bits per heavy atom. The number of nitrogens with zero attached hydrogens (tertiary/aromatic N) is 2. The largest absolute Gasteiger partial charge is 0.478 e. The second-order valence-corrected chi connectivity index (χ2v) is 6.60. The quantitative estimate of drug-likeness (QED) is 0.403. The Morgan fingerprint density at radius 2 is 1.96 bits per heavy atom. The Bertz CT molecular complexity index is 601. The SMILES string of the molecule is CCCCCCCN1C(=O)C(C(C)C)Oc2cc([N+](=O)[O-])ccc21. The number of carbonyl (C=O) groups is 1. The van der Waals surface area contributed by atoms with E-state index in [-0.39, 0.29) is 17.5 Å². The number of hydrogen-bond acceptors (Lipinski definition) is 4. The first-order valence-electron chi connectivity index (χ1n) is 8.72. The number of benzene rings is 1. The minimum atomic E-state index is -0.588. The number of amides is 1. The number of carbonyl (C=O) groups excluding carboxylic acids is 1. The van der Waals surface area contributed by atoms with E-state index in [4.69, 9.17) is 4.74 Å². The number of nitro groups is 1. The van der Waals surface area contributed by atoms with E-state index in [0.717, 1.165) is 19.3 Å². The predicted molar refractivity (Wildman–Crippen MR) is 93.5 cm³/mol. The van der Waals surface area contributed by atoms with E-state index in [9.17, 15) is 14.9 Å². The molecule has 1 atom stereocenters. The van der Waals surface area contributed by atoms with E-state index in [1.807, 2.05) is 13.8 Å². The van der Waals surface area contributed by atoms with E-state index >= 15 is 0 Å². The minimum absolute atomic E-state index is 0.00695. The molecular weight excluding hydrogens is 308 g/mol. The molecule has 1 aliphatic heterocycles. The van der Waals surface area contributed by atoms with Gasteiger partial charge in [-0.3, -0.25) is 14.9 Å². The standard InChI is InChI=1S/C18H26N2O4/c1-4-5-6-7-8-11-19-15-10-9-14(20(22)23)12-16(15)24-17(13(2)3)18(19)21/h9-10,12-13,17H,4-8,11H2,1-3H3. The van der Waals surface area contributed by atoms with E-state index in [0.29, 0.717) is 18.0 Å². The molecule has 0 fully saturated rings. The summed E-state index contributed by atoms with van der Waals surface area (Å²) in [6.07, 6.45) is 4.96. The van der Waals surface area contributed by atoms with Crippen LogP contribution in [-0.4, -0.2) is 23.5 Å². The fourth-order valence-corrected chi connectivity index (χ4v) is 2.92. The third kappa shape index (κ3) is 4.04.